The van der Waals surface area contributed by atoms with Crippen LogP contribution in [0.4, 0.5) is 0 Å². The van der Waals surface area contributed by atoms with Gasteiger partial charge in [0.1, 0.15) is 0 Å². The Bertz CT molecular complexity index is 111. The first-order chi connectivity index (χ1) is 4.34. The first kappa shape index (κ1) is 6.78. The van der Waals surface area contributed by atoms with E-state index >= 15 is 0 Å². The van der Waals surface area contributed by atoms with E-state index in [9.17, 15) is 0 Å². The lowest BCUT2D eigenvalue weighted by Crippen LogP contribution is -2.23. The highest BCUT2D eigenvalue weighted by Gasteiger charge is 2.15. The van der Waals surface area contributed by atoms with Gasteiger partial charge in [0.25, 0.3) is 0 Å². The Kier molecular flexibility index (Phi) is 2.25. The standard InChI is InChI=1S/C7H13NO/c1-6(5-8)7-3-2-4-9-7/h2-3,6-7H,4-5,8H2,1H3/t6-,7+/m1/s1. The molecule has 2 nitrogen and oxygen atoms in total. The topological polar surface area (TPSA) is 35.2 Å². The van der Waals surface area contributed by atoms with E-state index in [-0.39, 0.29) is 6.10 Å². The summed E-state index contributed by atoms with van der Waals surface area (Å²) in [5.41, 5.74) is 5.44. The van der Waals surface area contributed by atoms with Crippen LogP contribution in [0.3, 0.4) is 0 Å². The Morgan fingerprint density at radius 2 is 2.67 bits per heavy atom. The van der Waals surface area contributed by atoms with Crippen molar-refractivity contribution in [3.63, 3.8) is 0 Å². The lowest BCUT2D eigenvalue weighted by atomic mass is 10.1. The molecular formula is C7H13NO. The Hall–Kier alpha value is -0.340. The second-order valence-electron chi connectivity index (χ2n) is 2.44. The van der Waals surface area contributed by atoms with E-state index in [2.05, 4.69) is 13.0 Å². The quantitative estimate of drug-likeness (QED) is 0.549. The van der Waals surface area contributed by atoms with Crippen molar-refractivity contribution >= 4 is 0 Å². The number of hydrogen-bond donors (Lipinski definition) is 1. The maximum Gasteiger partial charge on any atom is 0.0798 e. The Labute approximate surface area is 55.7 Å². The van der Waals surface area contributed by atoms with Crippen molar-refractivity contribution in [2.45, 2.75) is 13.0 Å². The summed E-state index contributed by atoms with van der Waals surface area (Å²) in [5.74, 6) is 0.462. The van der Waals surface area contributed by atoms with Gasteiger partial charge < -0.3 is 10.5 Å². The summed E-state index contributed by atoms with van der Waals surface area (Å²) < 4.78 is 5.31. The molecule has 0 aromatic carbocycles. The van der Waals surface area contributed by atoms with Gasteiger partial charge in [0.15, 0.2) is 0 Å². The molecule has 2 heteroatoms. The van der Waals surface area contributed by atoms with Crippen LogP contribution in [0, 0.1) is 5.92 Å². The molecule has 0 aliphatic carbocycles. The Morgan fingerprint density at radius 1 is 1.89 bits per heavy atom. The zero-order valence-corrected chi connectivity index (χ0v) is 5.71. The van der Waals surface area contributed by atoms with Crippen molar-refractivity contribution in [2.24, 2.45) is 11.7 Å². The van der Waals surface area contributed by atoms with Crippen molar-refractivity contribution in [1.29, 1.82) is 0 Å². The molecule has 9 heavy (non-hydrogen) atoms. The van der Waals surface area contributed by atoms with Crippen molar-refractivity contribution in [1.82, 2.24) is 0 Å². The maximum absolute atomic E-state index is 5.44. The van der Waals surface area contributed by atoms with Gasteiger partial charge in [-0.25, -0.2) is 0 Å². The summed E-state index contributed by atoms with van der Waals surface area (Å²) in [6.45, 7) is 3.56. The van der Waals surface area contributed by atoms with E-state index in [1.807, 2.05) is 6.08 Å². The van der Waals surface area contributed by atoms with Crippen LogP contribution in [-0.2, 0) is 4.74 Å². The number of ether oxygens (including phenoxy) is 1. The normalized spacial score (nSPS) is 28.9. The van der Waals surface area contributed by atoms with Gasteiger partial charge in [-0.05, 0) is 12.5 Å². The van der Waals surface area contributed by atoms with Crippen LogP contribution in [0.1, 0.15) is 6.92 Å². The molecule has 0 fully saturated rings. The molecule has 0 saturated heterocycles. The van der Waals surface area contributed by atoms with E-state index < -0.39 is 0 Å². The van der Waals surface area contributed by atoms with Gasteiger partial charge in [-0.3, -0.25) is 0 Å². The fraction of sp³-hybridized carbons (Fsp3) is 0.714. The third kappa shape index (κ3) is 1.53. The van der Waals surface area contributed by atoms with Crippen LogP contribution in [0.15, 0.2) is 12.2 Å². The second-order valence-corrected chi connectivity index (χ2v) is 2.44. The number of hydrogen-bond acceptors (Lipinski definition) is 2. The lowest BCUT2D eigenvalue weighted by Gasteiger charge is -2.14. The molecule has 2 atom stereocenters. The lowest BCUT2D eigenvalue weighted by molar-refractivity contribution is 0.0901. The molecule has 0 aromatic rings. The molecule has 0 saturated carbocycles. The van der Waals surface area contributed by atoms with Crippen LogP contribution in [0.5, 0.6) is 0 Å². The molecule has 0 spiro atoms. The first-order valence-corrected chi connectivity index (χ1v) is 3.33. The summed E-state index contributed by atoms with van der Waals surface area (Å²) in [6, 6.07) is 0. The average molecular weight is 127 g/mol. The molecule has 2 N–H and O–H groups in total. The molecule has 0 unspecified atom stereocenters. The maximum atomic E-state index is 5.44. The molecule has 52 valence electrons. The van der Waals surface area contributed by atoms with Crippen LogP contribution in [0.25, 0.3) is 0 Å². The van der Waals surface area contributed by atoms with E-state index in [4.69, 9.17) is 10.5 Å². The zero-order chi connectivity index (χ0) is 6.69. The van der Waals surface area contributed by atoms with Gasteiger partial charge in [-0.15, -0.1) is 0 Å². The molecule has 1 aliphatic heterocycles. The van der Waals surface area contributed by atoms with Crippen LogP contribution in [-0.4, -0.2) is 19.3 Å². The third-order valence-corrected chi connectivity index (χ3v) is 1.64. The summed E-state index contributed by atoms with van der Waals surface area (Å²) in [4.78, 5) is 0. The van der Waals surface area contributed by atoms with Gasteiger partial charge in [-0.2, -0.15) is 0 Å². The van der Waals surface area contributed by atoms with E-state index in [0.717, 1.165) is 6.61 Å². The fourth-order valence-electron chi connectivity index (χ4n) is 0.900. The largest absolute Gasteiger partial charge is 0.370 e. The van der Waals surface area contributed by atoms with Gasteiger partial charge in [0.2, 0.25) is 0 Å². The van der Waals surface area contributed by atoms with Gasteiger partial charge in [-0.1, -0.05) is 19.1 Å². The molecule has 1 rings (SSSR count). The van der Waals surface area contributed by atoms with Crippen molar-refractivity contribution in [3.05, 3.63) is 12.2 Å². The third-order valence-electron chi connectivity index (χ3n) is 1.64. The van der Waals surface area contributed by atoms with Crippen molar-refractivity contribution in [2.75, 3.05) is 13.2 Å². The average Bonchev–Trinajstić information content (AvgIpc) is 2.37. The molecule has 1 heterocycles. The minimum absolute atomic E-state index is 0.273. The Balaban J connectivity index is 2.33. The smallest absolute Gasteiger partial charge is 0.0798 e. The van der Waals surface area contributed by atoms with Crippen LogP contribution >= 0.6 is 0 Å². The minimum Gasteiger partial charge on any atom is -0.370 e. The second kappa shape index (κ2) is 2.99. The summed E-state index contributed by atoms with van der Waals surface area (Å²) in [5, 5.41) is 0. The Morgan fingerprint density at radius 3 is 3.11 bits per heavy atom. The highest BCUT2D eigenvalue weighted by Crippen LogP contribution is 2.11. The molecule has 0 amide bonds. The van der Waals surface area contributed by atoms with E-state index in [0.29, 0.717) is 12.5 Å². The minimum atomic E-state index is 0.273. The molecular weight excluding hydrogens is 114 g/mol. The number of rotatable bonds is 2. The zero-order valence-electron chi connectivity index (χ0n) is 5.71. The highest BCUT2D eigenvalue weighted by molar-refractivity contribution is 4.97. The monoisotopic (exact) mass is 127 g/mol. The predicted molar refractivity (Wildman–Crippen MR) is 37.1 cm³/mol. The molecule has 0 aromatic heterocycles. The van der Waals surface area contributed by atoms with E-state index in [1.165, 1.54) is 0 Å². The SMILES string of the molecule is C[C@H](CN)[C@@H]1C=CCO1. The molecule has 0 radical (unpaired) electrons. The van der Waals surface area contributed by atoms with E-state index in [1.54, 1.807) is 0 Å². The first-order valence-electron chi connectivity index (χ1n) is 3.33. The van der Waals surface area contributed by atoms with Crippen molar-refractivity contribution < 1.29 is 4.74 Å². The fourth-order valence-corrected chi connectivity index (χ4v) is 0.900. The summed E-state index contributed by atoms with van der Waals surface area (Å²) >= 11 is 0. The molecule has 0 bridgehead atoms. The summed E-state index contributed by atoms with van der Waals surface area (Å²) in [7, 11) is 0. The predicted octanol–water partition coefficient (Wildman–Crippen LogP) is 0.536. The van der Waals surface area contributed by atoms with Gasteiger partial charge >= 0.3 is 0 Å². The van der Waals surface area contributed by atoms with Gasteiger partial charge in [0, 0.05) is 0 Å². The van der Waals surface area contributed by atoms with Crippen molar-refractivity contribution in [3.8, 4) is 0 Å². The van der Waals surface area contributed by atoms with Gasteiger partial charge in [0.05, 0.1) is 12.7 Å². The van der Waals surface area contributed by atoms with Crippen LogP contribution in [0.2, 0.25) is 0 Å². The summed E-state index contributed by atoms with van der Waals surface area (Å²) in [6.07, 6.45) is 4.39. The number of nitrogens with two attached hydrogens (primary N) is 1. The molecule has 1 aliphatic rings. The van der Waals surface area contributed by atoms with Crippen LogP contribution < -0.4 is 5.73 Å². The highest BCUT2D eigenvalue weighted by atomic mass is 16.5.